The van der Waals surface area contributed by atoms with E-state index in [1.165, 1.54) is 12.1 Å². The number of likely N-dealkylation sites (tertiary alicyclic amines) is 1. The summed E-state index contributed by atoms with van der Waals surface area (Å²) in [6, 6.07) is 9.82. The lowest BCUT2D eigenvalue weighted by Gasteiger charge is -2.32. The molecule has 2 N–H and O–H groups in total. The third-order valence-electron chi connectivity index (χ3n) is 5.90. The molecule has 0 atom stereocenters. The normalized spacial score (nSPS) is 14.4. The summed E-state index contributed by atoms with van der Waals surface area (Å²) in [5.74, 6) is 0.877. The van der Waals surface area contributed by atoms with Gasteiger partial charge in [-0.1, -0.05) is 12.1 Å². The fraction of sp³-hybridized carbons (Fsp3) is 0.333. The smallest absolute Gasteiger partial charge is 0.272 e. The molecule has 2 aromatic heterocycles. The number of halogens is 1. The summed E-state index contributed by atoms with van der Waals surface area (Å²) in [4.78, 5) is 19.3. The molecule has 1 fully saturated rings. The number of hydrogen-bond donors (Lipinski definition) is 1. The number of hydrogen-bond acceptors (Lipinski definition) is 6. The molecule has 1 aliphatic rings. The highest BCUT2D eigenvalue weighted by atomic mass is 19.1. The van der Waals surface area contributed by atoms with Crippen LogP contribution in [-0.4, -0.2) is 46.2 Å². The Bertz CT molecular complexity index is 1110. The molecule has 0 radical (unpaired) electrons. The van der Waals surface area contributed by atoms with Crippen LogP contribution in [0, 0.1) is 12.7 Å². The highest BCUT2D eigenvalue weighted by Crippen LogP contribution is 2.30. The van der Waals surface area contributed by atoms with E-state index in [0.717, 1.165) is 35.2 Å². The van der Waals surface area contributed by atoms with Gasteiger partial charge in [0.05, 0.1) is 12.8 Å². The number of anilines is 1. The topological polar surface area (TPSA) is 94.2 Å². The number of carbonyl (C=O) groups excluding carboxylic acids is 1. The van der Waals surface area contributed by atoms with Crippen LogP contribution in [0.1, 0.15) is 51.6 Å². The molecule has 0 spiro atoms. The van der Waals surface area contributed by atoms with Crippen molar-refractivity contribution in [1.82, 2.24) is 20.1 Å². The van der Waals surface area contributed by atoms with E-state index in [2.05, 4.69) is 15.2 Å². The predicted molar refractivity (Wildman–Crippen MR) is 119 cm³/mol. The molecule has 7 nitrogen and oxygen atoms in total. The number of benzene rings is 1. The maximum Gasteiger partial charge on any atom is 0.272 e. The number of nitrogen functional groups attached to an aromatic ring is 1. The number of carbonyl (C=O) groups is 1. The molecule has 0 unspecified atom stereocenters. The molecule has 166 valence electrons. The van der Waals surface area contributed by atoms with Crippen molar-refractivity contribution in [2.45, 2.75) is 32.1 Å². The number of aryl methyl sites for hydroxylation is 1. The van der Waals surface area contributed by atoms with Gasteiger partial charge in [0.2, 0.25) is 0 Å². The number of amides is 1. The van der Waals surface area contributed by atoms with Crippen molar-refractivity contribution in [2.24, 2.45) is 0 Å². The largest absolute Gasteiger partial charge is 0.496 e. The molecular formula is C24H26FN5O2. The molecule has 0 saturated carbocycles. The Balaban J connectivity index is 1.43. The molecule has 0 bridgehead atoms. The van der Waals surface area contributed by atoms with Gasteiger partial charge in [-0.05, 0) is 49.1 Å². The number of methoxy groups -OCH3 is 1. The lowest BCUT2D eigenvalue weighted by molar-refractivity contribution is 0.0705. The zero-order valence-electron chi connectivity index (χ0n) is 18.2. The lowest BCUT2D eigenvalue weighted by Crippen LogP contribution is -2.38. The summed E-state index contributed by atoms with van der Waals surface area (Å²) in [5.41, 5.74) is 9.83. The summed E-state index contributed by atoms with van der Waals surface area (Å²) in [6.07, 6.45) is 3.82. The van der Waals surface area contributed by atoms with E-state index < -0.39 is 0 Å². The third-order valence-corrected chi connectivity index (χ3v) is 5.90. The molecule has 1 amide bonds. The van der Waals surface area contributed by atoms with E-state index in [1.54, 1.807) is 31.5 Å². The van der Waals surface area contributed by atoms with Crippen molar-refractivity contribution in [3.8, 4) is 5.75 Å². The van der Waals surface area contributed by atoms with E-state index in [0.29, 0.717) is 36.8 Å². The molecule has 8 heteroatoms. The van der Waals surface area contributed by atoms with Crippen LogP contribution < -0.4 is 10.5 Å². The first-order valence-corrected chi connectivity index (χ1v) is 10.6. The summed E-state index contributed by atoms with van der Waals surface area (Å²) in [6.45, 7) is 3.23. The lowest BCUT2D eigenvalue weighted by atomic mass is 9.91. The van der Waals surface area contributed by atoms with Crippen LogP contribution in [0.25, 0.3) is 0 Å². The van der Waals surface area contributed by atoms with Crippen LogP contribution in [0.15, 0.2) is 42.6 Å². The Kier molecular flexibility index (Phi) is 6.30. The van der Waals surface area contributed by atoms with Crippen molar-refractivity contribution < 1.29 is 13.9 Å². The first kappa shape index (κ1) is 21.7. The Morgan fingerprint density at radius 3 is 2.56 bits per heavy atom. The second-order valence-electron chi connectivity index (χ2n) is 8.09. The Hall–Kier alpha value is -3.55. The minimum absolute atomic E-state index is 0.116. The van der Waals surface area contributed by atoms with Crippen LogP contribution in [0.4, 0.5) is 10.2 Å². The first-order valence-electron chi connectivity index (χ1n) is 10.6. The highest BCUT2D eigenvalue weighted by Gasteiger charge is 2.27. The van der Waals surface area contributed by atoms with E-state index in [9.17, 15) is 9.18 Å². The van der Waals surface area contributed by atoms with Gasteiger partial charge in [0, 0.05) is 43.3 Å². The van der Waals surface area contributed by atoms with Gasteiger partial charge in [0.1, 0.15) is 23.1 Å². The van der Waals surface area contributed by atoms with Crippen LogP contribution in [0.2, 0.25) is 0 Å². The monoisotopic (exact) mass is 435 g/mol. The predicted octanol–water partition coefficient (Wildman–Crippen LogP) is 3.52. The van der Waals surface area contributed by atoms with Gasteiger partial charge in [0.15, 0.2) is 0 Å². The summed E-state index contributed by atoms with van der Waals surface area (Å²) in [7, 11) is 1.57. The molecule has 32 heavy (non-hydrogen) atoms. The second-order valence-corrected chi connectivity index (χ2v) is 8.09. The van der Waals surface area contributed by atoms with Gasteiger partial charge in [-0.25, -0.2) is 4.39 Å². The number of nitrogens with zero attached hydrogens (tertiary/aromatic N) is 4. The molecule has 0 aliphatic carbocycles. The zero-order valence-corrected chi connectivity index (χ0v) is 18.2. The average molecular weight is 436 g/mol. The third kappa shape index (κ3) is 4.69. The molecule has 1 aliphatic heterocycles. The van der Waals surface area contributed by atoms with Crippen molar-refractivity contribution >= 4 is 11.7 Å². The van der Waals surface area contributed by atoms with Crippen molar-refractivity contribution in [3.63, 3.8) is 0 Å². The van der Waals surface area contributed by atoms with Gasteiger partial charge < -0.3 is 15.4 Å². The van der Waals surface area contributed by atoms with Crippen molar-refractivity contribution in [2.75, 3.05) is 25.9 Å². The van der Waals surface area contributed by atoms with Crippen LogP contribution >= 0.6 is 0 Å². The number of pyridine rings is 1. The van der Waals surface area contributed by atoms with Crippen LogP contribution in [-0.2, 0) is 6.42 Å². The molecule has 4 rings (SSSR count). The SMILES string of the molecule is COc1cc(C(=O)N2CCC(c3nnc(N)cc3C)CC2)ncc1Cc1ccc(F)cc1. The van der Waals surface area contributed by atoms with Crippen molar-refractivity contribution in [1.29, 1.82) is 0 Å². The molecular weight excluding hydrogens is 409 g/mol. The van der Waals surface area contributed by atoms with E-state index in [-0.39, 0.29) is 17.6 Å². The first-order chi connectivity index (χ1) is 15.4. The van der Waals surface area contributed by atoms with Gasteiger partial charge in [-0.15, -0.1) is 5.10 Å². The average Bonchev–Trinajstić information content (AvgIpc) is 2.80. The standard InChI is InChI=1S/C24H26FN5O2/c1-15-11-22(26)28-29-23(15)17-7-9-30(10-8-17)24(31)20-13-21(32-2)18(14-27-20)12-16-3-5-19(25)6-4-16/h3-6,11,13-14,17H,7-10,12H2,1-2H3,(H2,26,28). The van der Waals surface area contributed by atoms with Crippen molar-refractivity contribution in [3.05, 3.63) is 76.5 Å². The molecule has 1 aromatic carbocycles. The molecule has 3 aromatic rings. The quantitative estimate of drug-likeness (QED) is 0.659. The highest BCUT2D eigenvalue weighted by molar-refractivity contribution is 5.92. The van der Waals surface area contributed by atoms with E-state index >= 15 is 0 Å². The van der Waals surface area contributed by atoms with E-state index in [4.69, 9.17) is 10.5 Å². The number of piperidine rings is 1. The van der Waals surface area contributed by atoms with Gasteiger partial charge in [-0.2, -0.15) is 5.10 Å². The van der Waals surface area contributed by atoms with Gasteiger partial charge in [-0.3, -0.25) is 9.78 Å². The summed E-state index contributed by atoms with van der Waals surface area (Å²) >= 11 is 0. The fourth-order valence-corrected chi connectivity index (χ4v) is 4.16. The Labute approximate surface area is 186 Å². The minimum atomic E-state index is -0.276. The number of aromatic nitrogens is 3. The molecule has 3 heterocycles. The second kappa shape index (κ2) is 9.30. The van der Waals surface area contributed by atoms with Crippen LogP contribution in [0.5, 0.6) is 5.75 Å². The van der Waals surface area contributed by atoms with Gasteiger partial charge >= 0.3 is 0 Å². The Morgan fingerprint density at radius 2 is 1.91 bits per heavy atom. The fourth-order valence-electron chi connectivity index (χ4n) is 4.16. The number of ether oxygens (including phenoxy) is 1. The van der Waals surface area contributed by atoms with Gasteiger partial charge in [0.25, 0.3) is 5.91 Å². The number of rotatable bonds is 5. The Morgan fingerprint density at radius 1 is 1.19 bits per heavy atom. The maximum atomic E-state index is 13.2. The van der Waals surface area contributed by atoms with Crippen LogP contribution in [0.3, 0.4) is 0 Å². The maximum absolute atomic E-state index is 13.2. The zero-order chi connectivity index (χ0) is 22.7. The van der Waals surface area contributed by atoms with E-state index in [1.807, 2.05) is 17.9 Å². The molecule has 1 saturated heterocycles. The number of nitrogens with two attached hydrogens (primary N) is 1. The minimum Gasteiger partial charge on any atom is -0.496 e. The summed E-state index contributed by atoms with van der Waals surface area (Å²) in [5, 5.41) is 8.26. The summed E-state index contributed by atoms with van der Waals surface area (Å²) < 4.78 is 18.7.